The van der Waals surface area contributed by atoms with Crippen LogP contribution in [0.5, 0.6) is 0 Å². The molecule has 296 valence electrons. The van der Waals surface area contributed by atoms with Crippen molar-refractivity contribution in [3.8, 4) is 10.4 Å². The number of rotatable bonds is 24. The minimum Gasteiger partial charge on any atom is -0.481 e. The molecule has 4 atom stereocenters. The molecule has 1 aromatic carbocycles. The molecule has 16 heteroatoms. The number of aliphatic hydroxyl groups is 1. The molecule has 0 radical (unpaired) electrons. The number of thiazole rings is 1. The molecule has 3 rings (SSSR count). The Morgan fingerprint density at radius 2 is 1.40 bits per heavy atom. The molecular formula is C37H56N4O11S. The SMILES string of the molecule is Cc1ncsc1-c1ccc([C@H](C)NC(=O)[C@@H]2C[C@@H](O)CN2C(=O)[C@@H](NC(=O)CCOCCOCCOCCOCCOCCC(=O)O)C(C)(C)C)cc1. The van der Waals surface area contributed by atoms with Crippen LogP contribution in [0.3, 0.4) is 0 Å². The first kappa shape index (κ1) is 43.9. The number of carbonyl (C=O) groups is 4. The maximum Gasteiger partial charge on any atom is 0.305 e. The number of carboxylic acid groups (broad SMARTS) is 1. The van der Waals surface area contributed by atoms with Gasteiger partial charge in [-0.1, -0.05) is 45.0 Å². The van der Waals surface area contributed by atoms with Crippen molar-refractivity contribution in [2.24, 2.45) is 5.41 Å². The smallest absolute Gasteiger partial charge is 0.305 e. The lowest BCUT2D eigenvalue weighted by molar-refractivity contribution is -0.144. The fraction of sp³-hybridized carbons (Fsp3) is 0.649. The maximum absolute atomic E-state index is 13.9. The lowest BCUT2D eigenvalue weighted by Crippen LogP contribution is -2.58. The Balaban J connectivity index is 1.35. The molecule has 4 N–H and O–H groups in total. The molecule has 1 aromatic heterocycles. The number of carboxylic acids is 1. The lowest BCUT2D eigenvalue weighted by atomic mass is 9.85. The van der Waals surface area contributed by atoms with Crippen molar-refractivity contribution in [1.82, 2.24) is 20.5 Å². The van der Waals surface area contributed by atoms with E-state index in [1.165, 1.54) is 4.90 Å². The third-order valence-electron chi connectivity index (χ3n) is 8.48. The summed E-state index contributed by atoms with van der Waals surface area (Å²) < 4.78 is 26.9. The number of carbonyl (C=O) groups excluding carboxylic acids is 3. The summed E-state index contributed by atoms with van der Waals surface area (Å²) in [6.45, 7) is 12.4. The average molecular weight is 765 g/mol. The van der Waals surface area contributed by atoms with E-state index in [-0.39, 0.29) is 63.5 Å². The second-order valence-corrected chi connectivity index (χ2v) is 14.7. The Morgan fingerprint density at radius 1 is 0.868 bits per heavy atom. The van der Waals surface area contributed by atoms with E-state index in [1.54, 1.807) is 11.3 Å². The molecule has 3 amide bonds. The number of aryl methyl sites for hydroxylation is 1. The highest BCUT2D eigenvalue weighted by Crippen LogP contribution is 2.29. The van der Waals surface area contributed by atoms with Crippen LogP contribution in [0.2, 0.25) is 0 Å². The molecule has 1 saturated heterocycles. The summed E-state index contributed by atoms with van der Waals surface area (Å²) in [5.41, 5.74) is 4.05. The number of nitrogens with zero attached hydrogens (tertiary/aromatic N) is 2. The summed E-state index contributed by atoms with van der Waals surface area (Å²) in [4.78, 5) is 57.5. The standard InChI is InChI=1S/C37H56N4O11S/c1-25(27-6-8-28(9-7-27)33-26(2)38-24-53-33)39-35(46)30-22-29(42)23-41(30)36(47)34(37(3,4)5)40-31(43)10-12-48-14-16-50-18-20-52-21-19-51-17-15-49-13-11-32(44)45/h6-9,24-25,29-30,34,42H,10-23H2,1-5H3,(H,39,46)(H,40,43)(H,44,45)/t25-,29+,30-,34+/m0/s1. The third-order valence-corrected chi connectivity index (χ3v) is 9.46. The highest BCUT2D eigenvalue weighted by atomic mass is 32.1. The van der Waals surface area contributed by atoms with Crippen molar-refractivity contribution in [3.63, 3.8) is 0 Å². The molecular weight excluding hydrogens is 708 g/mol. The van der Waals surface area contributed by atoms with Gasteiger partial charge < -0.3 is 49.4 Å². The molecule has 1 aliphatic heterocycles. The molecule has 1 aliphatic rings. The number of benzene rings is 1. The molecule has 0 aliphatic carbocycles. The van der Waals surface area contributed by atoms with Gasteiger partial charge in [0.15, 0.2) is 0 Å². The van der Waals surface area contributed by atoms with Crippen molar-refractivity contribution >= 4 is 35.0 Å². The van der Waals surface area contributed by atoms with Gasteiger partial charge in [0, 0.05) is 19.4 Å². The van der Waals surface area contributed by atoms with Crippen molar-refractivity contribution in [1.29, 1.82) is 0 Å². The summed E-state index contributed by atoms with van der Waals surface area (Å²) in [6, 6.07) is 5.76. The first-order chi connectivity index (χ1) is 25.3. The van der Waals surface area contributed by atoms with E-state index >= 15 is 0 Å². The summed E-state index contributed by atoms with van der Waals surface area (Å²) >= 11 is 1.57. The highest BCUT2D eigenvalue weighted by Gasteiger charge is 2.44. The van der Waals surface area contributed by atoms with E-state index in [4.69, 9.17) is 28.8 Å². The number of aliphatic hydroxyl groups excluding tert-OH is 1. The number of aliphatic carboxylic acids is 1. The molecule has 0 bridgehead atoms. The van der Waals surface area contributed by atoms with Crippen molar-refractivity contribution < 1.29 is 53.1 Å². The molecule has 0 unspecified atom stereocenters. The van der Waals surface area contributed by atoms with Gasteiger partial charge in [-0.2, -0.15) is 0 Å². The van der Waals surface area contributed by atoms with Crippen molar-refractivity contribution in [2.45, 2.75) is 78.1 Å². The molecule has 53 heavy (non-hydrogen) atoms. The monoisotopic (exact) mass is 764 g/mol. The summed E-state index contributed by atoms with van der Waals surface area (Å²) in [5.74, 6) is -2.06. The number of hydrogen-bond donors (Lipinski definition) is 4. The van der Waals surface area contributed by atoms with Crippen molar-refractivity contribution in [3.05, 3.63) is 41.0 Å². The van der Waals surface area contributed by atoms with Gasteiger partial charge in [-0.15, -0.1) is 11.3 Å². The Labute approximate surface area is 315 Å². The molecule has 0 saturated carbocycles. The highest BCUT2D eigenvalue weighted by molar-refractivity contribution is 7.13. The Morgan fingerprint density at radius 3 is 1.89 bits per heavy atom. The van der Waals surface area contributed by atoms with E-state index in [2.05, 4.69) is 15.6 Å². The van der Waals surface area contributed by atoms with E-state index in [1.807, 2.05) is 64.4 Å². The quantitative estimate of drug-likeness (QED) is 0.114. The molecule has 2 aromatic rings. The number of ether oxygens (including phenoxy) is 5. The Kier molecular flexibility index (Phi) is 18.8. The number of amides is 3. The predicted octanol–water partition coefficient (Wildman–Crippen LogP) is 2.74. The molecule has 15 nitrogen and oxygen atoms in total. The number of β-amino-alcohol motifs (C(OH)–C–C–N with tert-alkyl or cyclic N) is 1. The Bertz CT molecular complexity index is 1430. The van der Waals surface area contributed by atoms with E-state index in [9.17, 15) is 24.3 Å². The van der Waals surface area contributed by atoms with Crippen LogP contribution in [0.4, 0.5) is 0 Å². The average Bonchev–Trinajstić information content (AvgIpc) is 3.72. The summed E-state index contributed by atoms with van der Waals surface area (Å²) in [5, 5.41) is 24.9. The second kappa shape index (κ2) is 22.6. The largest absolute Gasteiger partial charge is 0.481 e. The van der Waals surface area contributed by atoms with Gasteiger partial charge in [0.05, 0.1) is 101 Å². The van der Waals surface area contributed by atoms with Crippen LogP contribution in [0, 0.1) is 12.3 Å². The minimum atomic E-state index is -0.929. The van der Waals surface area contributed by atoms with Gasteiger partial charge in [0.1, 0.15) is 12.1 Å². The van der Waals surface area contributed by atoms with Crippen molar-refractivity contribution in [2.75, 3.05) is 72.6 Å². The van der Waals surface area contributed by atoms with Gasteiger partial charge in [-0.05, 0) is 30.4 Å². The van der Waals surface area contributed by atoms with Gasteiger partial charge in [0.25, 0.3) is 0 Å². The molecule has 2 heterocycles. The maximum atomic E-state index is 13.9. The van der Waals surface area contributed by atoms with Crippen LogP contribution in [0.1, 0.15) is 64.3 Å². The van der Waals surface area contributed by atoms with Crippen LogP contribution in [-0.4, -0.2) is 135 Å². The van der Waals surface area contributed by atoms with E-state index in [0.717, 1.165) is 21.7 Å². The predicted molar refractivity (Wildman–Crippen MR) is 197 cm³/mol. The van der Waals surface area contributed by atoms with E-state index < -0.39 is 35.5 Å². The second-order valence-electron chi connectivity index (χ2n) is 13.8. The van der Waals surface area contributed by atoms with Gasteiger partial charge in [-0.3, -0.25) is 19.2 Å². The zero-order valence-corrected chi connectivity index (χ0v) is 32.3. The molecule has 1 fully saturated rings. The molecule has 0 spiro atoms. The van der Waals surface area contributed by atoms with Crippen LogP contribution < -0.4 is 10.6 Å². The summed E-state index contributed by atoms with van der Waals surface area (Å²) in [6.07, 6.45) is -0.774. The minimum absolute atomic E-state index is 0.00835. The fourth-order valence-corrected chi connectivity index (χ4v) is 6.37. The van der Waals surface area contributed by atoms with Crippen LogP contribution >= 0.6 is 11.3 Å². The third kappa shape index (κ3) is 15.4. The number of hydrogen-bond acceptors (Lipinski definition) is 12. The zero-order chi connectivity index (χ0) is 38.8. The number of aromatic nitrogens is 1. The fourth-order valence-electron chi connectivity index (χ4n) is 5.55. The van der Waals surface area contributed by atoms with Gasteiger partial charge in [0.2, 0.25) is 17.7 Å². The van der Waals surface area contributed by atoms with Crippen LogP contribution in [-0.2, 0) is 42.9 Å². The number of likely N-dealkylation sites (tertiary alicyclic amines) is 1. The van der Waals surface area contributed by atoms with E-state index in [0.29, 0.717) is 46.2 Å². The topological polar surface area (TPSA) is 195 Å². The van der Waals surface area contributed by atoms with Gasteiger partial charge in [-0.25, -0.2) is 4.98 Å². The first-order valence-electron chi connectivity index (χ1n) is 18.0. The Hall–Kier alpha value is -3.51. The number of nitrogens with one attached hydrogen (secondary N) is 2. The normalized spacial score (nSPS) is 17.1. The zero-order valence-electron chi connectivity index (χ0n) is 31.5. The summed E-state index contributed by atoms with van der Waals surface area (Å²) in [7, 11) is 0. The lowest BCUT2D eigenvalue weighted by Gasteiger charge is -2.35. The van der Waals surface area contributed by atoms with Crippen LogP contribution in [0.15, 0.2) is 29.8 Å². The van der Waals surface area contributed by atoms with Gasteiger partial charge >= 0.3 is 5.97 Å². The van der Waals surface area contributed by atoms with Crippen LogP contribution in [0.25, 0.3) is 10.4 Å². The first-order valence-corrected chi connectivity index (χ1v) is 18.8.